The van der Waals surface area contributed by atoms with Crippen LogP contribution in [0.3, 0.4) is 0 Å². The van der Waals surface area contributed by atoms with E-state index < -0.39 is 0 Å². The van der Waals surface area contributed by atoms with Gasteiger partial charge in [0.25, 0.3) is 0 Å². The molecule has 1 aliphatic rings. The highest BCUT2D eigenvalue weighted by Gasteiger charge is 2.18. The average Bonchev–Trinajstić information content (AvgIpc) is 2.94. The first-order valence-corrected chi connectivity index (χ1v) is 8.16. The molecule has 0 saturated carbocycles. The van der Waals surface area contributed by atoms with Crippen LogP contribution in [0.4, 0.5) is 0 Å². The van der Waals surface area contributed by atoms with Gasteiger partial charge in [-0.05, 0) is 12.8 Å². The maximum Gasteiger partial charge on any atom is 0.187 e. The summed E-state index contributed by atoms with van der Waals surface area (Å²) >= 11 is 1.70. The molecular formula is C14H22N4OS. The minimum atomic E-state index is 0.172. The van der Waals surface area contributed by atoms with Gasteiger partial charge in [0.2, 0.25) is 0 Å². The molecule has 1 aromatic heterocycles. The average molecular weight is 294 g/mol. The summed E-state index contributed by atoms with van der Waals surface area (Å²) in [7, 11) is 0. The molecule has 0 saturated heterocycles. The number of nitrogens with one attached hydrogen (secondary N) is 1. The summed E-state index contributed by atoms with van der Waals surface area (Å²) in [6, 6.07) is 0. The second-order valence-corrected chi connectivity index (χ2v) is 5.86. The number of hydrogen-bond acceptors (Lipinski definition) is 6. The summed E-state index contributed by atoms with van der Waals surface area (Å²) in [6.45, 7) is 5.83. The Bertz CT molecular complexity index is 435. The zero-order valence-corrected chi connectivity index (χ0v) is 12.9. The van der Waals surface area contributed by atoms with Crippen LogP contribution in [0, 0.1) is 0 Å². The molecule has 1 atom stereocenters. The summed E-state index contributed by atoms with van der Waals surface area (Å²) in [6.07, 6.45) is 7.00. The quantitative estimate of drug-likeness (QED) is 0.590. The van der Waals surface area contributed by atoms with E-state index in [-0.39, 0.29) is 6.10 Å². The van der Waals surface area contributed by atoms with Gasteiger partial charge in [-0.3, -0.25) is 0 Å². The standard InChI is InChI=1S/C14H22N4OS/c1-3-5-20-14-16-8-11(9-17-14)7-15-10-13-6-12(4-2)18-19-13/h8-9,13,15H,3-7,10H2,1-2H3/t13-/m1/s1. The number of rotatable bonds is 8. The summed E-state index contributed by atoms with van der Waals surface area (Å²) in [4.78, 5) is 14.0. The first-order chi connectivity index (χ1) is 9.81. The minimum absolute atomic E-state index is 0.172. The lowest BCUT2D eigenvalue weighted by Crippen LogP contribution is -2.26. The van der Waals surface area contributed by atoms with Gasteiger partial charge in [-0.2, -0.15) is 0 Å². The minimum Gasteiger partial charge on any atom is -0.391 e. The summed E-state index contributed by atoms with van der Waals surface area (Å²) in [5.41, 5.74) is 2.25. The first-order valence-electron chi connectivity index (χ1n) is 7.17. The van der Waals surface area contributed by atoms with E-state index in [4.69, 9.17) is 4.84 Å². The van der Waals surface area contributed by atoms with E-state index in [0.29, 0.717) is 0 Å². The predicted octanol–water partition coefficient (Wildman–Crippen LogP) is 2.62. The lowest BCUT2D eigenvalue weighted by molar-refractivity contribution is 0.0848. The molecule has 0 aliphatic carbocycles. The van der Waals surface area contributed by atoms with E-state index in [2.05, 4.69) is 34.3 Å². The summed E-state index contributed by atoms with van der Waals surface area (Å²) in [5.74, 6) is 1.07. The maximum absolute atomic E-state index is 5.35. The van der Waals surface area contributed by atoms with E-state index in [1.54, 1.807) is 11.8 Å². The molecule has 0 spiro atoms. The molecule has 1 aliphatic heterocycles. The van der Waals surface area contributed by atoms with Crippen LogP contribution in [-0.2, 0) is 11.4 Å². The molecule has 6 heteroatoms. The van der Waals surface area contributed by atoms with E-state index in [1.165, 1.54) is 0 Å². The Kier molecular flexibility index (Phi) is 6.26. The zero-order valence-electron chi connectivity index (χ0n) is 12.1. The third-order valence-corrected chi connectivity index (χ3v) is 4.10. The van der Waals surface area contributed by atoms with Gasteiger partial charge in [0.05, 0.1) is 5.71 Å². The van der Waals surface area contributed by atoms with Crippen molar-refractivity contribution in [3.63, 3.8) is 0 Å². The molecule has 0 unspecified atom stereocenters. The topological polar surface area (TPSA) is 59.4 Å². The van der Waals surface area contributed by atoms with Crippen molar-refractivity contribution in [3.05, 3.63) is 18.0 Å². The van der Waals surface area contributed by atoms with Crippen LogP contribution in [0.25, 0.3) is 0 Å². The van der Waals surface area contributed by atoms with Crippen LogP contribution in [0.1, 0.15) is 38.7 Å². The molecule has 5 nitrogen and oxygen atoms in total. The van der Waals surface area contributed by atoms with Crippen molar-refractivity contribution < 1.29 is 4.84 Å². The fourth-order valence-corrected chi connectivity index (χ4v) is 2.53. The molecular weight excluding hydrogens is 272 g/mol. The third kappa shape index (κ3) is 4.76. The second kappa shape index (κ2) is 8.21. The van der Waals surface area contributed by atoms with E-state index in [1.807, 2.05) is 12.4 Å². The van der Waals surface area contributed by atoms with Crippen molar-refractivity contribution in [1.82, 2.24) is 15.3 Å². The van der Waals surface area contributed by atoms with Gasteiger partial charge in [-0.25, -0.2) is 9.97 Å². The fraction of sp³-hybridized carbons (Fsp3) is 0.643. The maximum atomic E-state index is 5.35. The van der Waals surface area contributed by atoms with Crippen molar-refractivity contribution in [3.8, 4) is 0 Å². The molecule has 2 heterocycles. The third-order valence-electron chi connectivity index (χ3n) is 3.02. The smallest absolute Gasteiger partial charge is 0.187 e. The zero-order chi connectivity index (χ0) is 14.2. The highest BCUT2D eigenvalue weighted by Crippen LogP contribution is 2.13. The Labute approximate surface area is 124 Å². The molecule has 0 radical (unpaired) electrons. The van der Waals surface area contributed by atoms with Crippen LogP contribution in [0.2, 0.25) is 0 Å². The molecule has 0 amide bonds. The second-order valence-electron chi connectivity index (χ2n) is 4.80. The molecule has 20 heavy (non-hydrogen) atoms. The monoisotopic (exact) mass is 294 g/mol. The highest BCUT2D eigenvalue weighted by atomic mass is 32.2. The predicted molar refractivity (Wildman–Crippen MR) is 82.0 cm³/mol. The lowest BCUT2D eigenvalue weighted by Gasteiger charge is -2.09. The molecule has 0 aromatic carbocycles. The van der Waals surface area contributed by atoms with Crippen molar-refractivity contribution >= 4 is 17.5 Å². The van der Waals surface area contributed by atoms with E-state index >= 15 is 0 Å². The van der Waals surface area contributed by atoms with Crippen LogP contribution in [0.15, 0.2) is 22.7 Å². The largest absolute Gasteiger partial charge is 0.391 e. The molecule has 1 aromatic rings. The van der Waals surface area contributed by atoms with E-state index in [9.17, 15) is 0 Å². The number of nitrogens with zero attached hydrogens (tertiary/aromatic N) is 3. The van der Waals surface area contributed by atoms with Gasteiger partial charge >= 0.3 is 0 Å². The SMILES string of the molecule is CCCSc1ncc(CNC[C@H]2CC(CC)=NO2)cn1. The van der Waals surface area contributed by atoms with E-state index in [0.717, 1.165) is 54.5 Å². The molecule has 2 rings (SSSR count). The molecule has 110 valence electrons. The fourth-order valence-electron chi connectivity index (χ4n) is 1.88. The Balaban J connectivity index is 1.67. The van der Waals surface area contributed by atoms with Gasteiger partial charge in [0, 0.05) is 43.2 Å². The summed E-state index contributed by atoms with van der Waals surface area (Å²) < 4.78 is 0. The number of aromatic nitrogens is 2. The van der Waals surface area contributed by atoms with Crippen molar-refractivity contribution in [2.45, 2.75) is 50.9 Å². The number of oxime groups is 1. The van der Waals surface area contributed by atoms with Gasteiger partial charge < -0.3 is 10.2 Å². The number of hydrogen-bond donors (Lipinski definition) is 1. The normalized spacial score (nSPS) is 17.9. The van der Waals surface area contributed by atoms with Gasteiger partial charge in [-0.1, -0.05) is 30.8 Å². The van der Waals surface area contributed by atoms with Gasteiger partial charge in [0.1, 0.15) is 6.10 Å². The Morgan fingerprint density at radius 1 is 1.35 bits per heavy atom. The van der Waals surface area contributed by atoms with Gasteiger partial charge in [-0.15, -0.1) is 0 Å². The van der Waals surface area contributed by atoms with Crippen LogP contribution < -0.4 is 5.32 Å². The summed E-state index contributed by atoms with van der Waals surface area (Å²) in [5, 5.41) is 8.27. The van der Waals surface area contributed by atoms with Crippen LogP contribution in [0.5, 0.6) is 0 Å². The van der Waals surface area contributed by atoms with Gasteiger partial charge in [0.15, 0.2) is 5.16 Å². The lowest BCUT2D eigenvalue weighted by atomic mass is 10.1. The van der Waals surface area contributed by atoms with Crippen molar-refractivity contribution in [1.29, 1.82) is 0 Å². The molecule has 0 fully saturated rings. The number of thioether (sulfide) groups is 1. The molecule has 1 N–H and O–H groups in total. The van der Waals surface area contributed by atoms with Crippen LogP contribution in [-0.4, -0.2) is 34.1 Å². The van der Waals surface area contributed by atoms with Crippen molar-refractivity contribution in [2.24, 2.45) is 5.16 Å². The first kappa shape index (κ1) is 15.3. The molecule has 0 bridgehead atoms. The highest BCUT2D eigenvalue weighted by molar-refractivity contribution is 7.99. The Morgan fingerprint density at radius 2 is 2.15 bits per heavy atom. The van der Waals surface area contributed by atoms with Crippen molar-refractivity contribution in [2.75, 3.05) is 12.3 Å². The Morgan fingerprint density at radius 3 is 2.80 bits per heavy atom. The Hall–Kier alpha value is -1.14. The van der Waals surface area contributed by atoms with Crippen LogP contribution >= 0.6 is 11.8 Å².